The summed E-state index contributed by atoms with van der Waals surface area (Å²) in [4.78, 5) is 14.0. The molecule has 1 fully saturated rings. The summed E-state index contributed by atoms with van der Waals surface area (Å²) in [6, 6.07) is 5.90. The number of amides is 1. The number of hydrogen-bond acceptors (Lipinski definition) is 2. The molecule has 2 rings (SSSR count). The summed E-state index contributed by atoms with van der Waals surface area (Å²) in [5.41, 5.74) is 0.762. The van der Waals surface area contributed by atoms with Crippen molar-refractivity contribution in [3.8, 4) is 0 Å². The largest absolute Gasteiger partial charge is 0.339 e. The molecule has 0 atom stereocenters. The van der Waals surface area contributed by atoms with Crippen LogP contribution < -0.4 is 5.32 Å². The van der Waals surface area contributed by atoms with E-state index in [0.29, 0.717) is 16.1 Å². The van der Waals surface area contributed by atoms with E-state index in [1.165, 1.54) is 0 Å². The summed E-state index contributed by atoms with van der Waals surface area (Å²) >= 11 is 12.0. The maximum Gasteiger partial charge on any atom is 0.246 e. The molecule has 1 N–H and O–H groups in total. The predicted molar refractivity (Wildman–Crippen MR) is 84.2 cm³/mol. The average molecular weight is 313 g/mol. The van der Waals surface area contributed by atoms with Crippen LogP contribution in [0.3, 0.4) is 0 Å². The van der Waals surface area contributed by atoms with Crippen LogP contribution in [0.5, 0.6) is 0 Å². The fourth-order valence-corrected chi connectivity index (χ4v) is 2.68. The van der Waals surface area contributed by atoms with E-state index in [2.05, 4.69) is 5.32 Å². The molecular formula is C15H18Cl2N2O. The Labute approximate surface area is 129 Å². The van der Waals surface area contributed by atoms with Crippen molar-refractivity contribution in [2.75, 3.05) is 20.1 Å². The smallest absolute Gasteiger partial charge is 0.246 e. The number of piperidine rings is 1. The van der Waals surface area contributed by atoms with Gasteiger partial charge in [0.15, 0.2) is 0 Å². The van der Waals surface area contributed by atoms with Crippen molar-refractivity contribution in [1.29, 1.82) is 0 Å². The van der Waals surface area contributed by atoms with Crippen LogP contribution in [0.2, 0.25) is 10.0 Å². The van der Waals surface area contributed by atoms with Crippen LogP contribution in [0.15, 0.2) is 24.3 Å². The van der Waals surface area contributed by atoms with Crippen molar-refractivity contribution in [3.63, 3.8) is 0 Å². The minimum absolute atomic E-state index is 0.0237. The molecule has 5 heteroatoms. The van der Waals surface area contributed by atoms with Gasteiger partial charge in [-0.1, -0.05) is 35.3 Å². The number of carbonyl (C=O) groups is 1. The molecule has 0 spiro atoms. The van der Waals surface area contributed by atoms with E-state index < -0.39 is 0 Å². The van der Waals surface area contributed by atoms with Gasteiger partial charge in [0, 0.05) is 25.2 Å². The second-order valence-corrected chi connectivity index (χ2v) is 5.65. The van der Waals surface area contributed by atoms with Crippen LogP contribution in [-0.4, -0.2) is 37.0 Å². The molecule has 1 aliphatic rings. The predicted octanol–water partition coefficient (Wildman–Crippen LogP) is 3.22. The Bertz CT molecular complexity index is 509. The summed E-state index contributed by atoms with van der Waals surface area (Å²) in [6.45, 7) is 1.58. The lowest BCUT2D eigenvalue weighted by atomic mass is 10.1. The van der Waals surface area contributed by atoms with E-state index in [1.807, 2.05) is 24.1 Å². The first kappa shape index (κ1) is 15.4. The summed E-state index contributed by atoms with van der Waals surface area (Å²) in [5.74, 6) is 0.0237. The van der Waals surface area contributed by atoms with Gasteiger partial charge < -0.3 is 10.2 Å². The van der Waals surface area contributed by atoms with Gasteiger partial charge in [0.1, 0.15) is 0 Å². The zero-order chi connectivity index (χ0) is 14.5. The van der Waals surface area contributed by atoms with Gasteiger partial charge in [0.05, 0.1) is 10.0 Å². The Morgan fingerprint density at radius 2 is 2.05 bits per heavy atom. The van der Waals surface area contributed by atoms with Crippen molar-refractivity contribution >= 4 is 35.2 Å². The highest BCUT2D eigenvalue weighted by Gasteiger charge is 2.20. The molecule has 0 saturated carbocycles. The number of carbonyl (C=O) groups excluding carboxylic acids is 1. The minimum atomic E-state index is 0.0237. The molecule has 0 radical (unpaired) electrons. The van der Waals surface area contributed by atoms with Crippen LogP contribution >= 0.6 is 23.2 Å². The molecule has 1 amide bonds. The van der Waals surface area contributed by atoms with Gasteiger partial charge in [-0.15, -0.1) is 0 Å². The number of halogens is 2. The minimum Gasteiger partial charge on any atom is -0.339 e. The fraction of sp³-hybridized carbons (Fsp3) is 0.400. The van der Waals surface area contributed by atoms with Gasteiger partial charge >= 0.3 is 0 Å². The maximum absolute atomic E-state index is 12.1. The van der Waals surface area contributed by atoms with Crippen LogP contribution in [0.4, 0.5) is 0 Å². The lowest BCUT2D eigenvalue weighted by Gasteiger charge is -2.31. The number of hydrogen-bond donors (Lipinski definition) is 1. The lowest BCUT2D eigenvalue weighted by Crippen LogP contribution is -2.43. The SMILES string of the molecule is CNC1CCN(C(=O)C=Cc2cccc(Cl)c2Cl)CC1. The van der Waals surface area contributed by atoms with E-state index in [-0.39, 0.29) is 5.91 Å². The first-order valence-corrected chi connectivity index (χ1v) is 7.45. The van der Waals surface area contributed by atoms with Crippen molar-refractivity contribution in [3.05, 3.63) is 39.9 Å². The van der Waals surface area contributed by atoms with Gasteiger partial charge in [0.2, 0.25) is 5.91 Å². The monoisotopic (exact) mass is 312 g/mol. The molecule has 0 bridgehead atoms. The fourth-order valence-electron chi connectivity index (χ4n) is 2.30. The standard InChI is InChI=1S/C15H18Cl2N2O/c1-18-12-7-9-19(10-8-12)14(20)6-5-11-3-2-4-13(16)15(11)17/h2-6,12,18H,7-10H2,1H3. The molecule has 20 heavy (non-hydrogen) atoms. The topological polar surface area (TPSA) is 32.3 Å². The van der Waals surface area contributed by atoms with Crippen LogP contribution in [0.1, 0.15) is 18.4 Å². The van der Waals surface area contributed by atoms with E-state index in [4.69, 9.17) is 23.2 Å². The molecule has 0 unspecified atom stereocenters. The highest BCUT2D eigenvalue weighted by Crippen LogP contribution is 2.26. The number of likely N-dealkylation sites (tertiary alicyclic amines) is 1. The Balaban J connectivity index is 1.98. The zero-order valence-corrected chi connectivity index (χ0v) is 12.9. The molecule has 1 aliphatic heterocycles. The van der Waals surface area contributed by atoms with Crippen molar-refractivity contribution in [1.82, 2.24) is 10.2 Å². The normalized spacial score (nSPS) is 16.9. The molecule has 0 aliphatic carbocycles. The van der Waals surface area contributed by atoms with Gasteiger partial charge in [-0.2, -0.15) is 0 Å². The third-order valence-corrected chi connectivity index (χ3v) is 4.44. The van der Waals surface area contributed by atoms with E-state index in [1.54, 1.807) is 18.2 Å². The van der Waals surface area contributed by atoms with Gasteiger partial charge in [-0.3, -0.25) is 4.79 Å². The molecule has 1 saturated heterocycles. The van der Waals surface area contributed by atoms with E-state index in [0.717, 1.165) is 31.5 Å². The van der Waals surface area contributed by atoms with Crippen molar-refractivity contribution < 1.29 is 4.79 Å². The highest BCUT2D eigenvalue weighted by atomic mass is 35.5. The third kappa shape index (κ3) is 3.75. The summed E-state index contributed by atoms with van der Waals surface area (Å²) in [7, 11) is 1.96. The van der Waals surface area contributed by atoms with E-state index >= 15 is 0 Å². The first-order chi connectivity index (χ1) is 9.61. The van der Waals surface area contributed by atoms with Gasteiger partial charge in [0.25, 0.3) is 0 Å². The number of benzene rings is 1. The van der Waals surface area contributed by atoms with Crippen molar-refractivity contribution in [2.45, 2.75) is 18.9 Å². The summed E-state index contributed by atoms with van der Waals surface area (Å²) in [6.07, 6.45) is 5.28. The van der Waals surface area contributed by atoms with Crippen LogP contribution in [0.25, 0.3) is 6.08 Å². The molecule has 1 aromatic carbocycles. The lowest BCUT2D eigenvalue weighted by molar-refractivity contribution is -0.127. The molecule has 3 nitrogen and oxygen atoms in total. The highest BCUT2D eigenvalue weighted by molar-refractivity contribution is 6.42. The second-order valence-electron chi connectivity index (χ2n) is 4.86. The Hall–Kier alpha value is -1.03. The van der Waals surface area contributed by atoms with Gasteiger partial charge in [-0.25, -0.2) is 0 Å². The quantitative estimate of drug-likeness (QED) is 0.869. The Morgan fingerprint density at radius 1 is 1.35 bits per heavy atom. The molecule has 1 heterocycles. The van der Waals surface area contributed by atoms with E-state index in [9.17, 15) is 4.79 Å². The number of rotatable bonds is 3. The third-order valence-electron chi connectivity index (χ3n) is 3.60. The summed E-state index contributed by atoms with van der Waals surface area (Å²) < 4.78 is 0. The summed E-state index contributed by atoms with van der Waals surface area (Å²) in [5, 5.41) is 4.22. The first-order valence-electron chi connectivity index (χ1n) is 6.70. The van der Waals surface area contributed by atoms with Crippen LogP contribution in [0, 0.1) is 0 Å². The molecule has 108 valence electrons. The van der Waals surface area contributed by atoms with Gasteiger partial charge in [-0.05, 0) is 37.6 Å². The molecular weight excluding hydrogens is 295 g/mol. The number of nitrogens with zero attached hydrogens (tertiary/aromatic N) is 1. The van der Waals surface area contributed by atoms with Crippen molar-refractivity contribution in [2.24, 2.45) is 0 Å². The molecule has 0 aromatic heterocycles. The van der Waals surface area contributed by atoms with Crippen LogP contribution in [-0.2, 0) is 4.79 Å². The zero-order valence-electron chi connectivity index (χ0n) is 11.4. The Morgan fingerprint density at radius 3 is 2.70 bits per heavy atom. The number of nitrogens with one attached hydrogen (secondary N) is 1. The second kappa shape index (κ2) is 7.11. The average Bonchev–Trinajstić information content (AvgIpc) is 2.48. The Kier molecular flexibility index (Phi) is 5.46. The molecule has 1 aromatic rings. The maximum atomic E-state index is 12.1.